The number of rotatable bonds is 5. The minimum atomic E-state index is -0.229. The molecule has 15 heavy (non-hydrogen) atoms. The number of hydrogen-bond donors (Lipinski definition) is 2. The molecule has 1 fully saturated rings. The molecule has 3 heteroatoms. The second kappa shape index (κ2) is 4.52. The van der Waals surface area contributed by atoms with Gasteiger partial charge < -0.3 is 11.1 Å². The lowest BCUT2D eigenvalue weighted by Crippen LogP contribution is -2.52. The molecular formula is C12H24N2O. The number of hydrogen-bond acceptors (Lipinski definition) is 2. The van der Waals surface area contributed by atoms with E-state index in [0.29, 0.717) is 18.4 Å². The van der Waals surface area contributed by atoms with Gasteiger partial charge in [0, 0.05) is 18.0 Å². The van der Waals surface area contributed by atoms with Gasteiger partial charge in [0.25, 0.3) is 0 Å². The topological polar surface area (TPSA) is 55.1 Å². The SMILES string of the molecule is CC(C)CC(C)(CN)NC(=O)C1CC1C. The standard InChI is InChI=1S/C12H24N2O/c1-8(2)6-12(4,7-13)14-11(15)10-5-9(10)3/h8-10H,5-7,13H2,1-4H3,(H,14,15). The van der Waals surface area contributed by atoms with Crippen LogP contribution in [0.5, 0.6) is 0 Å². The second-order valence-electron chi connectivity index (χ2n) is 5.67. The fourth-order valence-electron chi connectivity index (χ4n) is 2.16. The first kappa shape index (κ1) is 12.5. The zero-order valence-electron chi connectivity index (χ0n) is 10.3. The molecule has 0 aromatic heterocycles. The summed E-state index contributed by atoms with van der Waals surface area (Å²) in [7, 11) is 0. The van der Waals surface area contributed by atoms with Gasteiger partial charge in [-0.1, -0.05) is 20.8 Å². The molecule has 1 aliphatic rings. The lowest BCUT2D eigenvalue weighted by Gasteiger charge is -2.31. The average Bonchev–Trinajstić information content (AvgIpc) is 2.81. The van der Waals surface area contributed by atoms with Crippen LogP contribution in [0.4, 0.5) is 0 Å². The Morgan fingerprint density at radius 2 is 2.13 bits per heavy atom. The average molecular weight is 212 g/mol. The van der Waals surface area contributed by atoms with E-state index in [1.807, 2.05) is 6.92 Å². The van der Waals surface area contributed by atoms with Crippen LogP contribution in [0.25, 0.3) is 0 Å². The number of amides is 1. The van der Waals surface area contributed by atoms with Crippen molar-refractivity contribution in [1.29, 1.82) is 0 Å². The van der Waals surface area contributed by atoms with E-state index in [1.165, 1.54) is 0 Å². The third-order valence-corrected chi connectivity index (χ3v) is 3.18. The molecule has 0 spiro atoms. The van der Waals surface area contributed by atoms with Gasteiger partial charge >= 0.3 is 0 Å². The molecule has 0 bridgehead atoms. The smallest absolute Gasteiger partial charge is 0.223 e. The van der Waals surface area contributed by atoms with E-state index in [9.17, 15) is 4.79 Å². The van der Waals surface area contributed by atoms with E-state index in [1.54, 1.807) is 0 Å². The molecule has 0 aliphatic heterocycles. The molecule has 1 rings (SSSR count). The summed E-state index contributed by atoms with van der Waals surface area (Å²) in [6.45, 7) is 8.97. The Morgan fingerprint density at radius 3 is 2.47 bits per heavy atom. The normalized spacial score (nSPS) is 28.7. The Bertz CT molecular complexity index is 240. The summed E-state index contributed by atoms with van der Waals surface area (Å²) in [4.78, 5) is 11.8. The molecule has 0 saturated heterocycles. The van der Waals surface area contributed by atoms with Crippen LogP contribution < -0.4 is 11.1 Å². The Kier molecular flexibility index (Phi) is 3.77. The first-order chi connectivity index (χ1) is 6.88. The fourth-order valence-corrected chi connectivity index (χ4v) is 2.16. The number of carbonyl (C=O) groups is 1. The van der Waals surface area contributed by atoms with Crippen molar-refractivity contribution in [2.24, 2.45) is 23.5 Å². The van der Waals surface area contributed by atoms with Gasteiger partial charge in [0.1, 0.15) is 0 Å². The van der Waals surface area contributed by atoms with E-state index in [0.717, 1.165) is 12.8 Å². The van der Waals surface area contributed by atoms with Crippen molar-refractivity contribution in [3.8, 4) is 0 Å². The van der Waals surface area contributed by atoms with Crippen molar-refractivity contribution in [2.45, 2.75) is 46.1 Å². The maximum atomic E-state index is 11.8. The first-order valence-electron chi connectivity index (χ1n) is 5.90. The van der Waals surface area contributed by atoms with Crippen LogP contribution in [-0.4, -0.2) is 18.0 Å². The van der Waals surface area contributed by atoms with Gasteiger partial charge in [-0.05, 0) is 31.6 Å². The van der Waals surface area contributed by atoms with Crippen LogP contribution in [0.1, 0.15) is 40.5 Å². The summed E-state index contributed by atoms with van der Waals surface area (Å²) >= 11 is 0. The fraction of sp³-hybridized carbons (Fsp3) is 0.917. The molecular weight excluding hydrogens is 188 g/mol. The van der Waals surface area contributed by atoms with E-state index in [-0.39, 0.29) is 17.4 Å². The maximum Gasteiger partial charge on any atom is 0.223 e. The summed E-state index contributed by atoms with van der Waals surface area (Å²) in [5.41, 5.74) is 5.52. The van der Waals surface area contributed by atoms with Gasteiger partial charge in [0.2, 0.25) is 5.91 Å². The largest absolute Gasteiger partial charge is 0.349 e. The van der Waals surface area contributed by atoms with Gasteiger partial charge in [0.05, 0.1) is 0 Å². The molecule has 1 saturated carbocycles. The number of nitrogens with two attached hydrogens (primary N) is 1. The molecule has 0 radical (unpaired) electrons. The summed E-state index contributed by atoms with van der Waals surface area (Å²) in [5, 5.41) is 3.10. The van der Waals surface area contributed by atoms with Crippen LogP contribution in [0.15, 0.2) is 0 Å². The lowest BCUT2D eigenvalue weighted by atomic mass is 9.90. The highest BCUT2D eigenvalue weighted by Crippen LogP contribution is 2.38. The van der Waals surface area contributed by atoms with Crippen LogP contribution >= 0.6 is 0 Å². The molecule has 0 aromatic carbocycles. The van der Waals surface area contributed by atoms with Crippen LogP contribution in [0.3, 0.4) is 0 Å². The van der Waals surface area contributed by atoms with Crippen molar-refractivity contribution in [3.63, 3.8) is 0 Å². The minimum Gasteiger partial charge on any atom is -0.349 e. The maximum absolute atomic E-state index is 11.8. The summed E-state index contributed by atoms with van der Waals surface area (Å²) in [6, 6.07) is 0. The first-order valence-corrected chi connectivity index (χ1v) is 5.90. The van der Waals surface area contributed by atoms with Gasteiger partial charge in [-0.25, -0.2) is 0 Å². The molecule has 1 amide bonds. The Morgan fingerprint density at radius 1 is 1.60 bits per heavy atom. The third kappa shape index (κ3) is 3.49. The molecule has 3 nitrogen and oxygen atoms in total. The van der Waals surface area contributed by atoms with Crippen molar-refractivity contribution >= 4 is 5.91 Å². The van der Waals surface area contributed by atoms with Crippen molar-refractivity contribution in [1.82, 2.24) is 5.32 Å². The van der Waals surface area contributed by atoms with E-state index >= 15 is 0 Å². The Hall–Kier alpha value is -0.570. The molecule has 88 valence electrons. The Balaban J connectivity index is 2.48. The molecule has 3 atom stereocenters. The van der Waals surface area contributed by atoms with Crippen LogP contribution in [-0.2, 0) is 4.79 Å². The van der Waals surface area contributed by atoms with E-state index in [2.05, 4.69) is 26.1 Å². The van der Waals surface area contributed by atoms with Crippen molar-refractivity contribution in [2.75, 3.05) is 6.54 Å². The zero-order valence-corrected chi connectivity index (χ0v) is 10.3. The van der Waals surface area contributed by atoms with Crippen LogP contribution in [0, 0.1) is 17.8 Å². The monoisotopic (exact) mass is 212 g/mol. The predicted octanol–water partition coefficient (Wildman–Crippen LogP) is 1.52. The highest BCUT2D eigenvalue weighted by molar-refractivity contribution is 5.82. The van der Waals surface area contributed by atoms with E-state index in [4.69, 9.17) is 5.73 Å². The van der Waals surface area contributed by atoms with Crippen molar-refractivity contribution < 1.29 is 4.79 Å². The van der Waals surface area contributed by atoms with E-state index < -0.39 is 0 Å². The quantitative estimate of drug-likeness (QED) is 0.726. The van der Waals surface area contributed by atoms with Gasteiger partial charge in [-0.3, -0.25) is 4.79 Å². The highest BCUT2D eigenvalue weighted by atomic mass is 16.2. The van der Waals surface area contributed by atoms with Gasteiger partial charge in [-0.15, -0.1) is 0 Å². The molecule has 3 unspecified atom stereocenters. The van der Waals surface area contributed by atoms with Crippen LogP contribution in [0.2, 0.25) is 0 Å². The third-order valence-electron chi connectivity index (χ3n) is 3.18. The van der Waals surface area contributed by atoms with Crippen molar-refractivity contribution in [3.05, 3.63) is 0 Å². The minimum absolute atomic E-state index is 0.191. The van der Waals surface area contributed by atoms with Gasteiger partial charge in [0.15, 0.2) is 0 Å². The summed E-state index contributed by atoms with van der Waals surface area (Å²) < 4.78 is 0. The highest BCUT2D eigenvalue weighted by Gasteiger charge is 2.41. The summed E-state index contributed by atoms with van der Waals surface area (Å²) in [6.07, 6.45) is 1.98. The molecule has 0 heterocycles. The molecule has 0 aromatic rings. The summed E-state index contributed by atoms with van der Waals surface area (Å²) in [5.74, 6) is 1.54. The second-order valence-corrected chi connectivity index (χ2v) is 5.67. The zero-order chi connectivity index (χ0) is 11.6. The Labute approximate surface area is 92.8 Å². The molecule has 1 aliphatic carbocycles. The van der Waals surface area contributed by atoms with Gasteiger partial charge in [-0.2, -0.15) is 0 Å². The predicted molar refractivity (Wildman–Crippen MR) is 62.3 cm³/mol. The lowest BCUT2D eigenvalue weighted by molar-refractivity contribution is -0.124. The number of carbonyl (C=O) groups excluding carboxylic acids is 1. The number of nitrogens with one attached hydrogen (secondary N) is 1. The molecule has 3 N–H and O–H groups in total.